The average Bonchev–Trinajstić information content (AvgIpc) is 2.45. The minimum atomic E-state index is -1.07. The molecule has 0 bridgehead atoms. The first kappa shape index (κ1) is 17.8. The van der Waals surface area contributed by atoms with Gasteiger partial charge in [0.2, 0.25) is 5.91 Å². The molecule has 1 amide bonds. The third-order valence-electron chi connectivity index (χ3n) is 2.73. The van der Waals surface area contributed by atoms with Crippen LogP contribution in [0.3, 0.4) is 0 Å². The number of methoxy groups -OCH3 is 1. The molecule has 0 aromatic heterocycles. The Morgan fingerprint density at radius 1 is 1.43 bits per heavy atom. The molecule has 0 aliphatic rings. The van der Waals surface area contributed by atoms with Gasteiger partial charge in [-0.1, -0.05) is 23.7 Å². The molecule has 0 aliphatic heterocycles. The SMILES string of the molecule is COCCC(NC(=O)C(C)Sc1ccccc1Cl)C(=O)O. The molecule has 0 saturated carbocycles. The zero-order chi connectivity index (χ0) is 15.8. The fourth-order valence-electron chi connectivity index (χ4n) is 1.57. The average molecular weight is 332 g/mol. The van der Waals surface area contributed by atoms with Crippen LogP contribution in [0.15, 0.2) is 29.2 Å². The zero-order valence-electron chi connectivity index (χ0n) is 11.8. The normalized spacial score (nSPS) is 13.5. The fourth-order valence-corrected chi connectivity index (χ4v) is 2.73. The smallest absolute Gasteiger partial charge is 0.326 e. The van der Waals surface area contributed by atoms with Crippen molar-refractivity contribution >= 4 is 35.2 Å². The zero-order valence-corrected chi connectivity index (χ0v) is 13.4. The van der Waals surface area contributed by atoms with E-state index in [9.17, 15) is 9.59 Å². The van der Waals surface area contributed by atoms with Crippen LogP contribution in [0.2, 0.25) is 5.02 Å². The highest BCUT2D eigenvalue weighted by molar-refractivity contribution is 8.00. The molecule has 7 heteroatoms. The van der Waals surface area contributed by atoms with E-state index in [2.05, 4.69) is 5.32 Å². The molecule has 0 aliphatic carbocycles. The van der Waals surface area contributed by atoms with E-state index in [1.807, 2.05) is 18.2 Å². The van der Waals surface area contributed by atoms with Crippen molar-refractivity contribution in [3.8, 4) is 0 Å². The Balaban J connectivity index is 2.61. The van der Waals surface area contributed by atoms with Gasteiger partial charge in [-0.2, -0.15) is 0 Å². The first-order chi connectivity index (χ1) is 9.95. The molecule has 1 aromatic rings. The van der Waals surface area contributed by atoms with Gasteiger partial charge in [0.15, 0.2) is 0 Å². The molecule has 2 N–H and O–H groups in total. The highest BCUT2D eigenvalue weighted by Crippen LogP contribution is 2.30. The number of nitrogens with one attached hydrogen (secondary N) is 1. The van der Waals surface area contributed by atoms with Crippen molar-refractivity contribution in [2.45, 2.75) is 29.5 Å². The van der Waals surface area contributed by atoms with E-state index in [-0.39, 0.29) is 18.9 Å². The Bertz CT molecular complexity index is 498. The van der Waals surface area contributed by atoms with Gasteiger partial charge in [0.05, 0.1) is 10.3 Å². The van der Waals surface area contributed by atoms with Crippen LogP contribution < -0.4 is 5.32 Å². The molecule has 0 fully saturated rings. The van der Waals surface area contributed by atoms with Crippen LogP contribution in [0.1, 0.15) is 13.3 Å². The van der Waals surface area contributed by atoms with Crippen molar-refractivity contribution < 1.29 is 19.4 Å². The van der Waals surface area contributed by atoms with Gasteiger partial charge < -0.3 is 15.2 Å². The summed E-state index contributed by atoms with van der Waals surface area (Å²) < 4.78 is 4.84. The topological polar surface area (TPSA) is 75.6 Å². The van der Waals surface area contributed by atoms with Crippen LogP contribution in [0.4, 0.5) is 0 Å². The summed E-state index contributed by atoms with van der Waals surface area (Å²) in [4.78, 5) is 23.9. The predicted octanol–water partition coefficient (Wildman–Crippen LogP) is 2.43. The molecule has 0 radical (unpaired) electrons. The number of hydrogen-bond donors (Lipinski definition) is 2. The molecular weight excluding hydrogens is 314 g/mol. The van der Waals surface area contributed by atoms with E-state index in [4.69, 9.17) is 21.4 Å². The van der Waals surface area contributed by atoms with Crippen molar-refractivity contribution in [1.29, 1.82) is 0 Å². The lowest BCUT2D eigenvalue weighted by Gasteiger charge is -2.17. The molecule has 1 rings (SSSR count). The molecule has 2 atom stereocenters. The summed E-state index contributed by atoms with van der Waals surface area (Å²) in [5.41, 5.74) is 0. The Hall–Kier alpha value is -1.24. The van der Waals surface area contributed by atoms with Gasteiger partial charge in [-0.3, -0.25) is 4.79 Å². The fraction of sp³-hybridized carbons (Fsp3) is 0.429. The quantitative estimate of drug-likeness (QED) is 0.715. The third kappa shape index (κ3) is 5.95. The summed E-state index contributed by atoms with van der Waals surface area (Å²) in [5, 5.41) is 11.7. The summed E-state index contributed by atoms with van der Waals surface area (Å²) in [5.74, 6) is -1.42. The number of rotatable bonds is 8. The van der Waals surface area contributed by atoms with E-state index < -0.39 is 17.3 Å². The van der Waals surface area contributed by atoms with Gasteiger partial charge in [-0.05, 0) is 19.1 Å². The first-order valence-electron chi connectivity index (χ1n) is 6.39. The number of hydrogen-bond acceptors (Lipinski definition) is 4. The number of carboxylic acids is 1. The molecule has 116 valence electrons. The second-order valence-corrected chi connectivity index (χ2v) is 6.16. The van der Waals surface area contributed by atoms with Crippen molar-refractivity contribution in [2.75, 3.05) is 13.7 Å². The number of carbonyl (C=O) groups is 2. The second kappa shape index (κ2) is 8.92. The van der Waals surface area contributed by atoms with E-state index in [0.717, 1.165) is 4.90 Å². The lowest BCUT2D eigenvalue weighted by Crippen LogP contribution is -2.44. The summed E-state index contributed by atoms with van der Waals surface area (Å²) >= 11 is 7.32. The largest absolute Gasteiger partial charge is 0.480 e. The minimum Gasteiger partial charge on any atom is -0.480 e. The second-order valence-electron chi connectivity index (χ2n) is 4.37. The van der Waals surface area contributed by atoms with Gasteiger partial charge in [0.25, 0.3) is 0 Å². The van der Waals surface area contributed by atoms with E-state index in [1.165, 1.54) is 18.9 Å². The number of aliphatic carboxylic acids is 1. The molecule has 21 heavy (non-hydrogen) atoms. The summed E-state index contributed by atoms with van der Waals surface area (Å²) in [6.45, 7) is 1.97. The van der Waals surface area contributed by atoms with E-state index in [0.29, 0.717) is 5.02 Å². The van der Waals surface area contributed by atoms with Gasteiger partial charge in [-0.25, -0.2) is 4.79 Å². The van der Waals surface area contributed by atoms with E-state index in [1.54, 1.807) is 13.0 Å². The summed E-state index contributed by atoms with van der Waals surface area (Å²) in [6, 6.07) is 6.25. The third-order valence-corrected chi connectivity index (χ3v) is 4.35. The number of benzene rings is 1. The standard InChI is InChI=1S/C14H18ClNO4S/c1-9(21-12-6-4-3-5-10(12)15)13(17)16-11(14(18)19)7-8-20-2/h3-6,9,11H,7-8H2,1-2H3,(H,16,17)(H,18,19). The number of thioether (sulfide) groups is 1. The predicted molar refractivity (Wildman–Crippen MR) is 82.8 cm³/mol. The maximum Gasteiger partial charge on any atom is 0.326 e. The molecular formula is C14H18ClNO4S. The summed E-state index contributed by atoms with van der Waals surface area (Å²) in [7, 11) is 1.48. The highest BCUT2D eigenvalue weighted by Gasteiger charge is 2.23. The summed E-state index contributed by atoms with van der Waals surface area (Å²) in [6.07, 6.45) is 0.223. The van der Waals surface area contributed by atoms with Gasteiger partial charge in [0.1, 0.15) is 6.04 Å². The van der Waals surface area contributed by atoms with Crippen molar-refractivity contribution in [3.05, 3.63) is 29.3 Å². The van der Waals surface area contributed by atoms with Gasteiger partial charge >= 0.3 is 5.97 Å². The maximum atomic E-state index is 12.1. The van der Waals surface area contributed by atoms with Crippen LogP contribution in [0, 0.1) is 0 Å². The van der Waals surface area contributed by atoms with Crippen molar-refractivity contribution in [2.24, 2.45) is 0 Å². The van der Waals surface area contributed by atoms with Crippen molar-refractivity contribution in [3.63, 3.8) is 0 Å². The Labute approximate surface area is 133 Å². The molecule has 0 saturated heterocycles. The molecule has 1 aromatic carbocycles. The van der Waals surface area contributed by atoms with Crippen LogP contribution >= 0.6 is 23.4 Å². The molecule has 5 nitrogen and oxygen atoms in total. The number of halogens is 1. The number of carbonyl (C=O) groups excluding carboxylic acids is 1. The number of ether oxygens (including phenoxy) is 1. The first-order valence-corrected chi connectivity index (χ1v) is 7.64. The number of amides is 1. The molecule has 2 unspecified atom stereocenters. The monoisotopic (exact) mass is 331 g/mol. The van der Waals surface area contributed by atoms with Crippen LogP contribution in [-0.4, -0.2) is 42.0 Å². The lowest BCUT2D eigenvalue weighted by atomic mass is 10.2. The number of carboxylic acid groups (broad SMARTS) is 1. The lowest BCUT2D eigenvalue weighted by molar-refractivity contribution is -0.142. The van der Waals surface area contributed by atoms with Gasteiger partial charge in [0, 0.05) is 25.0 Å². The van der Waals surface area contributed by atoms with Crippen LogP contribution in [0.5, 0.6) is 0 Å². The minimum absolute atomic E-state index is 0.223. The molecule has 0 spiro atoms. The Kier molecular flexibility index (Phi) is 7.56. The van der Waals surface area contributed by atoms with E-state index >= 15 is 0 Å². The Morgan fingerprint density at radius 2 is 2.10 bits per heavy atom. The van der Waals surface area contributed by atoms with Gasteiger partial charge in [-0.15, -0.1) is 11.8 Å². The van der Waals surface area contributed by atoms with Crippen molar-refractivity contribution in [1.82, 2.24) is 5.32 Å². The van der Waals surface area contributed by atoms with Crippen LogP contribution in [-0.2, 0) is 14.3 Å². The molecule has 0 heterocycles. The Morgan fingerprint density at radius 3 is 2.67 bits per heavy atom. The van der Waals surface area contributed by atoms with Crippen LogP contribution in [0.25, 0.3) is 0 Å². The highest BCUT2D eigenvalue weighted by atomic mass is 35.5. The maximum absolute atomic E-state index is 12.1.